The minimum Gasteiger partial charge on any atom is -0.485 e. The Hall–Kier alpha value is -1.40. The third-order valence-electron chi connectivity index (χ3n) is 4.17. The smallest absolute Gasteiger partial charge is 0.272 e. The number of nitrogens with one attached hydrogen (secondary N) is 2. The van der Waals surface area contributed by atoms with Gasteiger partial charge in [0.05, 0.1) is 5.69 Å². The summed E-state index contributed by atoms with van der Waals surface area (Å²) in [5.41, 5.74) is 0.437. The van der Waals surface area contributed by atoms with Crippen molar-refractivity contribution in [2.24, 2.45) is 11.8 Å². The second kappa shape index (κ2) is 10.5. The molecule has 0 spiro atoms. The van der Waals surface area contributed by atoms with E-state index in [-0.39, 0.29) is 30.0 Å². The lowest BCUT2D eigenvalue weighted by Gasteiger charge is -2.28. The van der Waals surface area contributed by atoms with Crippen molar-refractivity contribution in [1.29, 1.82) is 0 Å². The van der Waals surface area contributed by atoms with Crippen LogP contribution in [-0.2, 0) is 4.79 Å². The van der Waals surface area contributed by atoms with Crippen molar-refractivity contribution in [2.75, 3.05) is 25.0 Å². The summed E-state index contributed by atoms with van der Waals surface area (Å²) in [4.78, 5) is 12.2. The molecule has 0 saturated carbocycles. The second-order valence-corrected chi connectivity index (χ2v) is 6.03. The standard InChI is InChI=1S/C17H24F2N2O2.ClH/c1-12(13-5-4-8-20-10-13)9-17(22)21-14-6-2-3-7-15(14)23-11-16(18)19;/h2-3,6-7,12-13,16,20H,4-5,8-11H2,1H3,(H,21,22);1H. The van der Waals surface area contributed by atoms with Crippen molar-refractivity contribution >= 4 is 24.0 Å². The highest BCUT2D eigenvalue weighted by molar-refractivity contribution is 5.92. The van der Waals surface area contributed by atoms with E-state index in [1.165, 1.54) is 0 Å². The van der Waals surface area contributed by atoms with Gasteiger partial charge in [0.1, 0.15) is 12.4 Å². The largest absolute Gasteiger partial charge is 0.485 e. The number of carbonyl (C=O) groups excluding carboxylic acids is 1. The number of halogens is 3. The number of hydrogen-bond acceptors (Lipinski definition) is 3. The molecule has 1 aliphatic rings. The summed E-state index contributed by atoms with van der Waals surface area (Å²) in [6, 6.07) is 6.66. The first-order chi connectivity index (χ1) is 11.1. The van der Waals surface area contributed by atoms with Crippen LogP contribution in [0.25, 0.3) is 0 Å². The Labute approximate surface area is 147 Å². The van der Waals surface area contributed by atoms with Gasteiger partial charge in [-0.2, -0.15) is 0 Å². The van der Waals surface area contributed by atoms with Crippen molar-refractivity contribution in [3.8, 4) is 5.75 Å². The van der Waals surface area contributed by atoms with Crippen molar-refractivity contribution in [1.82, 2.24) is 5.32 Å². The lowest BCUT2D eigenvalue weighted by molar-refractivity contribution is -0.117. The number of alkyl halides is 2. The van der Waals surface area contributed by atoms with Crippen molar-refractivity contribution in [3.05, 3.63) is 24.3 Å². The Kier molecular flexibility index (Phi) is 9.00. The Bertz CT molecular complexity index is 511. The maximum absolute atomic E-state index is 12.3. The fourth-order valence-corrected chi connectivity index (χ4v) is 2.87. The summed E-state index contributed by atoms with van der Waals surface area (Å²) in [6.07, 6.45) is 0.143. The van der Waals surface area contributed by atoms with Gasteiger partial charge < -0.3 is 15.4 Å². The molecule has 1 aromatic carbocycles. The summed E-state index contributed by atoms with van der Waals surface area (Å²) in [6.45, 7) is 3.39. The van der Waals surface area contributed by atoms with Crippen LogP contribution < -0.4 is 15.4 Å². The number of anilines is 1. The van der Waals surface area contributed by atoms with E-state index in [0.717, 1.165) is 25.9 Å². The van der Waals surface area contributed by atoms with Gasteiger partial charge in [-0.1, -0.05) is 19.1 Å². The second-order valence-electron chi connectivity index (χ2n) is 6.03. The van der Waals surface area contributed by atoms with Gasteiger partial charge in [0.25, 0.3) is 6.43 Å². The van der Waals surface area contributed by atoms with Gasteiger partial charge in [0, 0.05) is 6.42 Å². The van der Waals surface area contributed by atoms with Crippen LogP contribution >= 0.6 is 12.4 Å². The van der Waals surface area contributed by atoms with E-state index in [2.05, 4.69) is 17.6 Å². The van der Waals surface area contributed by atoms with Crippen molar-refractivity contribution < 1.29 is 18.3 Å². The van der Waals surface area contributed by atoms with E-state index in [0.29, 0.717) is 18.0 Å². The molecule has 1 amide bonds. The van der Waals surface area contributed by atoms with Crippen LogP contribution in [0.3, 0.4) is 0 Å². The minimum absolute atomic E-state index is 0. The summed E-state index contributed by atoms with van der Waals surface area (Å²) in [7, 11) is 0. The number of rotatable bonds is 7. The molecular formula is C17H25ClF2N2O2. The number of carbonyl (C=O) groups is 1. The zero-order chi connectivity index (χ0) is 16.7. The summed E-state index contributed by atoms with van der Waals surface area (Å²) < 4.78 is 29.6. The molecule has 0 radical (unpaired) electrons. The monoisotopic (exact) mass is 362 g/mol. The van der Waals surface area contributed by atoms with Crippen molar-refractivity contribution in [2.45, 2.75) is 32.6 Å². The molecule has 136 valence electrons. The summed E-state index contributed by atoms with van der Waals surface area (Å²) in [5.74, 6) is 0.932. The van der Waals surface area contributed by atoms with Crippen LogP contribution in [-0.4, -0.2) is 32.0 Å². The first kappa shape index (κ1) is 20.6. The Balaban J connectivity index is 0.00000288. The zero-order valence-electron chi connectivity index (χ0n) is 13.8. The third-order valence-corrected chi connectivity index (χ3v) is 4.17. The molecule has 4 nitrogen and oxygen atoms in total. The number of ether oxygens (including phenoxy) is 1. The highest BCUT2D eigenvalue weighted by Gasteiger charge is 2.22. The fraction of sp³-hybridized carbons (Fsp3) is 0.588. The molecule has 0 aromatic heterocycles. The zero-order valence-corrected chi connectivity index (χ0v) is 14.6. The van der Waals surface area contributed by atoms with Crippen LogP contribution in [0.5, 0.6) is 5.75 Å². The highest BCUT2D eigenvalue weighted by Crippen LogP contribution is 2.26. The van der Waals surface area contributed by atoms with Crippen LogP contribution in [0.2, 0.25) is 0 Å². The highest BCUT2D eigenvalue weighted by atomic mass is 35.5. The molecule has 1 aliphatic heterocycles. The molecule has 2 atom stereocenters. The van der Waals surface area contributed by atoms with Gasteiger partial charge in [-0.25, -0.2) is 8.78 Å². The SMILES string of the molecule is CC(CC(=O)Nc1ccccc1OCC(F)F)C1CCCNC1.Cl. The maximum atomic E-state index is 12.3. The number of piperidine rings is 1. The van der Waals surface area contributed by atoms with Gasteiger partial charge in [0.2, 0.25) is 5.91 Å². The molecule has 1 aromatic rings. The quantitative estimate of drug-likeness (QED) is 0.777. The molecule has 1 fully saturated rings. The summed E-state index contributed by atoms with van der Waals surface area (Å²) >= 11 is 0. The van der Waals surface area contributed by atoms with Crippen LogP contribution in [0.15, 0.2) is 24.3 Å². The third kappa shape index (κ3) is 6.61. The van der Waals surface area contributed by atoms with E-state index < -0.39 is 13.0 Å². The molecule has 24 heavy (non-hydrogen) atoms. The molecule has 1 heterocycles. The minimum atomic E-state index is -2.54. The number of amides is 1. The number of para-hydroxylation sites is 2. The normalized spacial score (nSPS) is 18.6. The lowest BCUT2D eigenvalue weighted by Crippen LogP contribution is -2.34. The van der Waals surface area contributed by atoms with Gasteiger partial charge in [0.15, 0.2) is 0 Å². The topological polar surface area (TPSA) is 50.4 Å². The van der Waals surface area contributed by atoms with Crippen LogP contribution in [0.1, 0.15) is 26.2 Å². The Morgan fingerprint density at radius 3 is 2.83 bits per heavy atom. The summed E-state index contributed by atoms with van der Waals surface area (Å²) in [5, 5.41) is 6.13. The average molecular weight is 363 g/mol. The molecular weight excluding hydrogens is 338 g/mol. The Morgan fingerprint density at radius 2 is 2.17 bits per heavy atom. The molecule has 2 rings (SSSR count). The number of benzene rings is 1. The van der Waals surface area contributed by atoms with Gasteiger partial charge >= 0.3 is 0 Å². The van der Waals surface area contributed by atoms with E-state index in [9.17, 15) is 13.6 Å². The average Bonchev–Trinajstić information content (AvgIpc) is 2.54. The molecule has 0 bridgehead atoms. The van der Waals surface area contributed by atoms with E-state index in [1.54, 1.807) is 24.3 Å². The van der Waals surface area contributed by atoms with E-state index in [1.807, 2.05) is 0 Å². The fourth-order valence-electron chi connectivity index (χ4n) is 2.87. The molecule has 2 N–H and O–H groups in total. The first-order valence-electron chi connectivity index (χ1n) is 8.07. The van der Waals surface area contributed by atoms with E-state index >= 15 is 0 Å². The van der Waals surface area contributed by atoms with Crippen molar-refractivity contribution in [3.63, 3.8) is 0 Å². The molecule has 0 aliphatic carbocycles. The van der Waals surface area contributed by atoms with Gasteiger partial charge in [-0.05, 0) is 49.9 Å². The maximum Gasteiger partial charge on any atom is 0.272 e. The molecule has 1 saturated heterocycles. The predicted molar refractivity (Wildman–Crippen MR) is 93.2 cm³/mol. The molecule has 7 heteroatoms. The van der Waals surface area contributed by atoms with Gasteiger partial charge in [-0.15, -0.1) is 12.4 Å². The van der Waals surface area contributed by atoms with E-state index in [4.69, 9.17) is 4.74 Å². The Morgan fingerprint density at radius 1 is 1.42 bits per heavy atom. The van der Waals surface area contributed by atoms with Gasteiger partial charge in [-0.3, -0.25) is 4.79 Å². The molecule has 2 unspecified atom stereocenters. The first-order valence-corrected chi connectivity index (χ1v) is 8.07. The predicted octanol–water partition coefficient (Wildman–Crippen LogP) is 3.72. The van der Waals surface area contributed by atoms with Crippen LogP contribution in [0, 0.1) is 11.8 Å². The number of hydrogen-bond donors (Lipinski definition) is 2. The lowest BCUT2D eigenvalue weighted by atomic mass is 9.85. The van der Waals surface area contributed by atoms with Crippen LogP contribution in [0.4, 0.5) is 14.5 Å².